The van der Waals surface area contributed by atoms with Crippen molar-refractivity contribution >= 4 is 34.9 Å². The molecule has 0 heterocycles. The number of hydrogen-bond acceptors (Lipinski definition) is 5. The van der Waals surface area contributed by atoms with Crippen molar-refractivity contribution < 1.29 is 9.85 Å². The average Bonchev–Trinajstić information content (AvgIpc) is 2.46. The quantitative estimate of drug-likeness (QED) is 0.485. The molecule has 0 saturated carbocycles. The van der Waals surface area contributed by atoms with E-state index in [1.54, 1.807) is 6.07 Å². The topological polar surface area (TPSA) is 98.6 Å². The van der Waals surface area contributed by atoms with E-state index in [9.17, 15) is 20.2 Å². The van der Waals surface area contributed by atoms with Gasteiger partial charge in [-0.1, -0.05) is 17.7 Å². The number of benzene rings is 2. The van der Waals surface area contributed by atoms with E-state index < -0.39 is 9.85 Å². The standard InChI is InChI=1S/C13H8ClN3O4/c14-13-5-4-12(17(20)21)6-9(13)8-15-10-2-1-3-11(7-10)16(18)19/h1-8H. The van der Waals surface area contributed by atoms with Gasteiger partial charge in [-0.3, -0.25) is 25.2 Å². The third-order valence-electron chi connectivity index (χ3n) is 2.58. The van der Waals surface area contributed by atoms with E-state index in [2.05, 4.69) is 4.99 Å². The van der Waals surface area contributed by atoms with Crippen molar-refractivity contribution in [2.75, 3.05) is 0 Å². The Morgan fingerprint density at radius 1 is 1.00 bits per heavy atom. The van der Waals surface area contributed by atoms with E-state index in [-0.39, 0.29) is 11.4 Å². The third-order valence-corrected chi connectivity index (χ3v) is 2.93. The van der Waals surface area contributed by atoms with Crippen LogP contribution in [0.1, 0.15) is 5.56 Å². The normalized spacial score (nSPS) is 10.7. The molecule has 0 aliphatic heterocycles. The fourth-order valence-electron chi connectivity index (χ4n) is 1.57. The minimum atomic E-state index is -0.541. The van der Waals surface area contributed by atoms with E-state index in [0.717, 1.165) is 0 Å². The Morgan fingerprint density at radius 2 is 1.67 bits per heavy atom. The van der Waals surface area contributed by atoms with Crippen molar-refractivity contribution in [3.8, 4) is 0 Å². The van der Waals surface area contributed by atoms with Crippen LogP contribution in [0.15, 0.2) is 47.5 Å². The fourth-order valence-corrected chi connectivity index (χ4v) is 1.74. The molecular weight excluding hydrogens is 298 g/mol. The molecule has 0 fully saturated rings. The third kappa shape index (κ3) is 3.61. The molecular formula is C13H8ClN3O4. The van der Waals surface area contributed by atoms with Gasteiger partial charge < -0.3 is 0 Å². The highest BCUT2D eigenvalue weighted by Gasteiger charge is 2.09. The summed E-state index contributed by atoms with van der Waals surface area (Å²) >= 11 is 5.93. The Kier molecular flexibility index (Phi) is 4.24. The lowest BCUT2D eigenvalue weighted by Gasteiger charge is -1.98. The number of nitro benzene ring substituents is 2. The van der Waals surface area contributed by atoms with Gasteiger partial charge in [-0.25, -0.2) is 0 Å². The van der Waals surface area contributed by atoms with Crippen LogP contribution in [0.25, 0.3) is 0 Å². The number of halogens is 1. The molecule has 0 atom stereocenters. The highest BCUT2D eigenvalue weighted by atomic mass is 35.5. The number of aliphatic imine (C=N–C) groups is 1. The summed E-state index contributed by atoms with van der Waals surface area (Å²) in [6.45, 7) is 0. The van der Waals surface area contributed by atoms with Crippen molar-refractivity contribution in [2.45, 2.75) is 0 Å². The van der Waals surface area contributed by atoms with Gasteiger partial charge in [0.1, 0.15) is 0 Å². The summed E-state index contributed by atoms with van der Waals surface area (Å²) in [4.78, 5) is 24.3. The Balaban J connectivity index is 2.33. The zero-order chi connectivity index (χ0) is 15.4. The predicted octanol–water partition coefficient (Wildman–Crippen LogP) is 3.91. The summed E-state index contributed by atoms with van der Waals surface area (Å²) in [5.41, 5.74) is 0.513. The van der Waals surface area contributed by atoms with Crippen molar-refractivity contribution in [1.82, 2.24) is 0 Å². The maximum absolute atomic E-state index is 10.7. The molecule has 0 aromatic heterocycles. The van der Waals surface area contributed by atoms with Crippen molar-refractivity contribution in [1.29, 1.82) is 0 Å². The average molecular weight is 306 g/mol. The second-order valence-electron chi connectivity index (χ2n) is 4.00. The van der Waals surface area contributed by atoms with Crippen LogP contribution in [0.4, 0.5) is 17.1 Å². The first kappa shape index (κ1) is 14.6. The van der Waals surface area contributed by atoms with Gasteiger partial charge in [-0.05, 0) is 12.1 Å². The number of hydrogen-bond donors (Lipinski definition) is 0. The minimum absolute atomic E-state index is 0.0882. The summed E-state index contributed by atoms with van der Waals surface area (Å²) in [7, 11) is 0. The molecule has 0 bridgehead atoms. The molecule has 106 valence electrons. The molecule has 0 aliphatic carbocycles. The number of rotatable bonds is 4. The zero-order valence-corrected chi connectivity index (χ0v) is 11.2. The van der Waals surface area contributed by atoms with Crippen LogP contribution in [-0.2, 0) is 0 Å². The summed E-state index contributed by atoms with van der Waals surface area (Å²) < 4.78 is 0. The number of non-ortho nitro benzene ring substituents is 2. The molecule has 0 N–H and O–H groups in total. The molecule has 0 spiro atoms. The minimum Gasteiger partial charge on any atom is -0.258 e. The molecule has 0 amide bonds. The van der Waals surface area contributed by atoms with Gasteiger partial charge in [0.05, 0.1) is 15.5 Å². The maximum Gasteiger partial charge on any atom is 0.271 e. The van der Waals surface area contributed by atoms with Crippen LogP contribution in [0.3, 0.4) is 0 Å². The summed E-state index contributed by atoms with van der Waals surface area (Å²) in [5.74, 6) is 0. The Hall–Kier alpha value is -2.80. The van der Waals surface area contributed by atoms with Crippen molar-refractivity contribution in [3.05, 3.63) is 73.3 Å². The lowest BCUT2D eigenvalue weighted by atomic mass is 10.2. The molecule has 0 saturated heterocycles. The van der Waals surface area contributed by atoms with Crippen LogP contribution in [-0.4, -0.2) is 16.1 Å². The Morgan fingerprint density at radius 3 is 2.33 bits per heavy atom. The SMILES string of the molecule is O=[N+]([O-])c1cccc(N=Cc2cc([N+](=O)[O-])ccc2Cl)c1. The molecule has 21 heavy (non-hydrogen) atoms. The van der Waals surface area contributed by atoms with Crippen molar-refractivity contribution in [3.63, 3.8) is 0 Å². The Bertz CT molecular complexity index is 746. The van der Waals surface area contributed by atoms with E-state index >= 15 is 0 Å². The van der Waals surface area contributed by atoms with Gasteiger partial charge in [0.2, 0.25) is 0 Å². The summed E-state index contributed by atoms with van der Waals surface area (Å²) in [5, 5.41) is 21.7. The van der Waals surface area contributed by atoms with Crippen LogP contribution in [0, 0.1) is 20.2 Å². The van der Waals surface area contributed by atoms with Crippen LogP contribution < -0.4 is 0 Å². The predicted molar refractivity (Wildman–Crippen MR) is 78.5 cm³/mol. The molecule has 7 nitrogen and oxygen atoms in total. The number of nitro groups is 2. The molecule has 2 rings (SSSR count). The summed E-state index contributed by atoms with van der Waals surface area (Å²) in [6.07, 6.45) is 1.33. The molecule has 0 radical (unpaired) electrons. The lowest BCUT2D eigenvalue weighted by molar-refractivity contribution is -0.385. The zero-order valence-electron chi connectivity index (χ0n) is 10.5. The first-order chi connectivity index (χ1) is 9.97. The highest BCUT2D eigenvalue weighted by molar-refractivity contribution is 6.33. The van der Waals surface area contributed by atoms with E-state index in [1.807, 2.05) is 0 Å². The van der Waals surface area contributed by atoms with Crippen LogP contribution >= 0.6 is 11.6 Å². The van der Waals surface area contributed by atoms with Gasteiger partial charge in [0.15, 0.2) is 0 Å². The van der Waals surface area contributed by atoms with Gasteiger partial charge in [0, 0.05) is 41.1 Å². The lowest BCUT2D eigenvalue weighted by Crippen LogP contribution is -1.91. The largest absolute Gasteiger partial charge is 0.271 e. The molecule has 0 aliphatic rings. The highest BCUT2D eigenvalue weighted by Crippen LogP contribution is 2.23. The molecule has 2 aromatic rings. The monoisotopic (exact) mass is 305 g/mol. The van der Waals surface area contributed by atoms with E-state index in [0.29, 0.717) is 16.3 Å². The van der Waals surface area contributed by atoms with Gasteiger partial charge in [-0.2, -0.15) is 0 Å². The number of nitrogens with zero attached hydrogens (tertiary/aromatic N) is 3. The van der Waals surface area contributed by atoms with Crippen molar-refractivity contribution in [2.24, 2.45) is 4.99 Å². The second kappa shape index (κ2) is 6.10. The molecule has 0 unspecified atom stereocenters. The fraction of sp³-hybridized carbons (Fsp3) is 0. The maximum atomic E-state index is 10.7. The first-order valence-electron chi connectivity index (χ1n) is 5.70. The molecule has 8 heteroatoms. The van der Waals surface area contributed by atoms with Crippen LogP contribution in [0.2, 0.25) is 5.02 Å². The smallest absolute Gasteiger partial charge is 0.258 e. The van der Waals surface area contributed by atoms with Crippen LogP contribution in [0.5, 0.6) is 0 Å². The van der Waals surface area contributed by atoms with Gasteiger partial charge >= 0.3 is 0 Å². The van der Waals surface area contributed by atoms with E-state index in [1.165, 1.54) is 42.6 Å². The van der Waals surface area contributed by atoms with E-state index in [4.69, 9.17) is 11.6 Å². The second-order valence-corrected chi connectivity index (χ2v) is 4.41. The van der Waals surface area contributed by atoms with Gasteiger partial charge in [-0.15, -0.1) is 0 Å². The summed E-state index contributed by atoms with van der Waals surface area (Å²) in [6, 6.07) is 9.68. The Labute approximate surface area is 123 Å². The van der Waals surface area contributed by atoms with Gasteiger partial charge in [0.25, 0.3) is 11.4 Å². The first-order valence-corrected chi connectivity index (χ1v) is 6.07. The molecule has 2 aromatic carbocycles.